The molecular formula is C24H17N9O4. The standard InChI is InChI=1S/C24H17N9O4/c25-9-12-1-4-16-17(7-12)27-24(26-16)29-21(35)18-11-33(31-30-18)14-2-3-15-13(8-14)10-32(23(15)37)19-5-6-20(34)28-22(19)36/h1-4,7-8,11,19H,5-6,10H2,(H,28,34,36)(H2,26,27,29,35). The minimum atomic E-state index is -0.701. The van der Waals surface area contributed by atoms with Gasteiger partial charge in [0, 0.05) is 18.5 Å². The van der Waals surface area contributed by atoms with Crippen molar-refractivity contribution in [1.29, 1.82) is 5.26 Å². The number of rotatable bonds is 4. The molecule has 0 saturated carbocycles. The third-order valence-corrected chi connectivity index (χ3v) is 6.34. The van der Waals surface area contributed by atoms with Crippen LogP contribution in [-0.4, -0.2) is 59.5 Å². The number of carbonyl (C=O) groups excluding carboxylic acids is 4. The fourth-order valence-electron chi connectivity index (χ4n) is 4.51. The summed E-state index contributed by atoms with van der Waals surface area (Å²) >= 11 is 0. The monoisotopic (exact) mass is 495 g/mol. The molecule has 182 valence electrons. The van der Waals surface area contributed by atoms with Gasteiger partial charge in [-0.1, -0.05) is 5.21 Å². The molecule has 6 rings (SSSR count). The van der Waals surface area contributed by atoms with E-state index in [2.05, 4.69) is 30.9 Å². The van der Waals surface area contributed by atoms with E-state index in [0.29, 0.717) is 33.4 Å². The Morgan fingerprint density at radius 1 is 1.16 bits per heavy atom. The van der Waals surface area contributed by atoms with E-state index in [0.717, 1.165) is 0 Å². The van der Waals surface area contributed by atoms with Gasteiger partial charge in [0.25, 0.3) is 11.8 Å². The summed E-state index contributed by atoms with van der Waals surface area (Å²) < 4.78 is 1.41. The first kappa shape index (κ1) is 22.1. The summed E-state index contributed by atoms with van der Waals surface area (Å²) in [4.78, 5) is 58.0. The number of piperidine rings is 1. The summed E-state index contributed by atoms with van der Waals surface area (Å²) in [5.74, 6) is -1.42. The van der Waals surface area contributed by atoms with Crippen molar-refractivity contribution < 1.29 is 19.2 Å². The van der Waals surface area contributed by atoms with Crippen LogP contribution in [0.25, 0.3) is 16.7 Å². The smallest absolute Gasteiger partial charge is 0.280 e. The average molecular weight is 495 g/mol. The van der Waals surface area contributed by atoms with E-state index in [9.17, 15) is 19.2 Å². The normalized spacial score (nSPS) is 17.0. The second-order valence-electron chi connectivity index (χ2n) is 8.67. The van der Waals surface area contributed by atoms with Crippen molar-refractivity contribution in [2.75, 3.05) is 5.32 Å². The van der Waals surface area contributed by atoms with Crippen LogP contribution in [0, 0.1) is 11.3 Å². The lowest BCUT2D eigenvalue weighted by atomic mass is 10.0. The Morgan fingerprint density at radius 2 is 2.03 bits per heavy atom. The van der Waals surface area contributed by atoms with Gasteiger partial charge in [0.2, 0.25) is 17.8 Å². The molecule has 1 atom stereocenters. The quantitative estimate of drug-likeness (QED) is 0.351. The minimum absolute atomic E-state index is 0.0416. The number of carbonyl (C=O) groups is 4. The molecule has 0 radical (unpaired) electrons. The van der Waals surface area contributed by atoms with Crippen molar-refractivity contribution >= 4 is 40.6 Å². The second-order valence-corrected chi connectivity index (χ2v) is 8.67. The molecule has 4 aromatic rings. The van der Waals surface area contributed by atoms with Crippen LogP contribution in [0.4, 0.5) is 5.95 Å². The highest BCUT2D eigenvalue weighted by molar-refractivity contribution is 6.05. The number of imidazole rings is 1. The predicted molar refractivity (Wildman–Crippen MR) is 126 cm³/mol. The number of imide groups is 1. The van der Waals surface area contributed by atoms with Gasteiger partial charge in [-0.15, -0.1) is 5.10 Å². The SMILES string of the molecule is N#Cc1ccc2nc(NC(=O)c3cn(-c4ccc5c(c4)CN(C4CCC(=O)NC4=O)C5=O)nn3)[nH]c2c1. The Morgan fingerprint density at radius 3 is 2.84 bits per heavy atom. The topological polar surface area (TPSA) is 179 Å². The summed E-state index contributed by atoms with van der Waals surface area (Å²) in [6, 6.07) is 11.4. The molecule has 2 aromatic heterocycles. The molecule has 37 heavy (non-hydrogen) atoms. The van der Waals surface area contributed by atoms with Gasteiger partial charge in [0.1, 0.15) is 6.04 Å². The van der Waals surface area contributed by atoms with E-state index >= 15 is 0 Å². The molecule has 2 aliphatic rings. The third kappa shape index (κ3) is 3.86. The summed E-state index contributed by atoms with van der Waals surface area (Å²) in [7, 11) is 0. The van der Waals surface area contributed by atoms with Crippen molar-refractivity contribution in [1.82, 2.24) is 35.2 Å². The van der Waals surface area contributed by atoms with E-state index in [1.807, 2.05) is 6.07 Å². The number of fused-ring (bicyclic) bond motifs is 2. The molecule has 3 N–H and O–H groups in total. The Labute approximate surface area is 208 Å². The van der Waals surface area contributed by atoms with Crippen molar-refractivity contribution in [2.45, 2.75) is 25.4 Å². The van der Waals surface area contributed by atoms with Crippen LogP contribution < -0.4 is 10.6 Å². The fraction of sp³-hybridized carbons (Fsp3) is 0.167. The van der Waals surface area contributed by atoms with Gasteiger partial charge >= 0.3 is 0 Å². The van der Waals surface area contributed by atoms with Crippen LogP contribution in [0.5, 0.6) is 0 Å². The van der Waals surface area contributed by atoms with Crippen molar-refractivity contribution in [3.05, 3.63) is 65.0 Å². The lowest BCUT2D eigenvalue weighted by Gasteiger charge is -2.29. The molecule has 2 aromatic carbocycles. The Hall–Kier alpha value is -5.38. The molecule has 0 bridgehead atoms. The molecule has 4 heterocycles. The van der Waals surface area contributed by atoms with Crippen molar-refractivity contribution in [3.63, 3.8) is 0 Å². The summed E-state index contributed by atoms with van der Waals surface area (Å²) in [6.45, 7) is 0.218. The summed E-state index contributed by atoms with van der Waals surface area (Å²) in [5.41, 5.74) is 3.46. The van der Waals surface area contributed by atoms with Gasteiger partial charge in [0.05, 0.1) is 34.6 Å². The Balaban J connectivity index is 1.19. The van der Waals surface area contributed by atoms with Crippen LogP contribution in [0.1, 0.15) is 44.8 Å². The molecule has 1 unspecified atom stereocenters. The number of aromatic nitrogens is 5. The maximum absolute atomic E-state index is 12.9. The maximum atomic E-state index is 12.9. The third-order valence-electron chi connectivity index (χ3n) is 6.34. The highest BCUT2D eigenvalue weighted by Crippen LogP contribution is 2.29. The number of aromatic amines is 1. The summed E-state index contributed by atoms with van der Waals surface area (Å²) in [5, 5.41) is 21.9. The molecule has 4 amide bonds. The van der Waals surface area contributed by atoms with E-state index in [1.54, 1.807) is 36.4 Å². The first-order valence-corrected chi connectivity index (χ1v) is 11.3. The van der Waals surface area contributed by atoms with E-state index in [-0.39, 0.29) is 42.8 Å². The number of nitrogens with one attached hydrogen (secondary N) is 3. The van der Waals surface area contributed by atoms with Gasteiger partial charge in [-0.2, -0.15) is 5.26 Å². The molecule has 2 aliphatic heterocycles. The van der Waals surface area contributed by atoms with Crippen LogP contribution >= 0.6 is 0 Å². The van der Waals surface area contributed by atoms with Crippen LogP contribution in [0.2, 0.25) is 0 Å². The lowest BCUT2D eigenvalue weighted by Crippen LogP contribution is -2.52. The van der Waals surface area contributed by atoms with Crippen LogP contribution in [0.15, 0.2) is 42.6 Å². The first-order chi connectivity index (χ1) is 17.9. The molecule has 1 fully saturated rings. The van der Waals surface area contributed by atoms with Crippen molar-refractivity contribution in [2.24, 2.45) is 0 Å². The average Bonchev–Trinajstić information content (AvgIpc) is 3.60. The Kier molecular flexibility index (Phi) is 5.01. The molecule has 0 aliphatic carbocycles. The minimum Gasteiger partial charge on any atom is -0.324 e. The zero-order valence-electron chi connectivity index (χ0n) is 19.1. The second kappa shape index (κ2) is 8.38. The van der Waals surface area contributed by atoms with E-state index in [4.69, 9.17) is 5.26 Å². The molecule has 1 saturated heterocycles. The van der Waals surface area contributed by atoms with E-state index < -0.39 is 17.9 Å². The number of anilines is 1. The summed E-state index contributed by atoms with van der Waals surface area (Å²) in [6.07, 6.45) is 1.91. The van der Waals surface area contributed by atoms with Gasteiger partial charge in [0.15, 0.2) is 5.69 Å². The highest BCUT2D eigenvalue weighted by Gasteiger charge is 2.39. The van der Waals surface area contributed by atoms with Crippen molar-refractivity contribution in [3.8, 4) is 11.8 Å². The number of H-pyrrole nitrogens is 1. The number of nitriles is 1. The lowest BCUT2D eigenvalue weighted by molar-refractivity contribution is -0.136. The molecule has 0 spiro atoms. The van der Waals surface area contributed by atoms with Gasteiger partial charge < -0.3 is 9.88 Å². The van der Waals surface area contributed by atoms with Crippen LogP contribution in [-0.2, 0) is 16.1 Å². The number of amides is 4. The highest BCUT2D eigenvalue weighted by atomic mass is 16.2. The molecule has 13 heteroatoms. The molecular weight excluding hydrogens is 478 g/mol. The zero-order chi connectivity index (χ0) is 25.7. The predicted octanol–water partition coefficient (Wildman–Crippen LogP) is 1.03. The number of nitrogens with zero attached hydrogens (tertiary/aromatic N) is 6. The first-order valence-electron chi connectivity index (χ1n) is 11.3. The van der Waals surface area contributed by atoms with Gasteiger partial charge in [-0.3, -0.25) is 29.8 Å². The van der Waals surface area contributed by atoms with E-state index in [1.165, 1.54) is 15.8 Å². The zero-order valence-corrected chi connectivity index (χ0v) is 19.1. The number of benzene rings is 2. The van der Waals surface area contributed by atoms with Gasteiger partial charge in [-0.05, 0) is 48.4 Å². The maximum Gasteiger partial charge on any atom is 0.280 e. The Bertz CT molecular complexity index is 1680. The number of hydrogen-bond donors (Lipinski definition) is 3. The fourth-order valence-corrected chi connectivity index (χ4v) is 4.51. The van der Waals surface area contributed by atoms with Gasteiger partial charge in [-0.25, -0.2) is 9.67 Å². The number of hydrogen-bond acceptors (Lipinski definition) is 8. The van der Waals surface area contributed by atoms with Crippen LogP contribution in [0.3, 0.4) is 0 Å². The molecule has 13 nitrogen and oxygen atoms in total. The largest absolute Gasteiger partial charge is 0.324 e.